The Kier molecular flexibility index (Phi) is 6.40. The van der Waals surface area contributed by atoms with Crippen LogP contribution in [0.4, 0.5) is 0 Å². The Labute approximate surface area is 166 Å². The number of carbonyl (C=O) groups excluding carboxylic acids is 1. The van der Waals surface area contributed by atoms with Crippen LogP contribution < -0.4 is 4.74 Å². The number of amides is 1. The first-order valence-corrected chi connectivity index (χ1v) is 9.75. The Bertz CT molecular complexity index is 773. The first-order valence-electron chi connectivity index (χ1n) is 9.37. The zero-order valence-electron chi connectivity index (χ0n) is 16.3. The number of nitrogens with zero attached hydrogens (tertiary/aromatic N) is 2. The quantitative estimate of drug-likeness (QED) is 0.778. The number of halogens is 1. The molecule has 1 aliphatic heterocycles. The fourth-order valence-corrected chi connectivity index (χ4v) is 3.52. The highest BCUT2D eigenvalue weighted by molar-refractivity contribution is 6.30. The number of benzene rings is 2. The highest BCUT2D eigenvalue weighted by Gasteiger charge is 2.21. The average Bonchev–Trinajstić information content (AvgIpc) is 2.66. The minimum atomic E-state index is 0.0339. The first kappa shape index (κ1) is 19.7. The summed E-state index contributed by atoms with van der Waals surface area (Å²) in [6.45, 7) is 10.8. The maximum Gasteiger partial charge on any atom is 0.260 e. The largest absolute Gasteiger partial charge is 0.484 e. The third-order valence-corrected chi connectivity index (χ3v) is 5.55. The number of aryl methyl sites for hydroxylation is 2. The molecule has 0 saturated carbocycles. The monoisotopic (exact) mass is 386 g/mol. The molecule has 0 spiro atoms. The van der Waals surface area contributed by atoms with Gasteiger partial charge in [0.05, 0.1) is 0 Å². The van der Waals surface area contributed by atoms with E-state index in [0.717, 1.165) is 32.7 Å². The molecule has 0 atom stereocenters. The Hall–Kier alpha value is -2.04. The number of ether oxygens (including phenoxy) is 1. The van der Waals surface area contributed by atoms with Gasteiger partial charge in [-0.2, -0.15) is 0 Å². The van der Waals surface area contributed by atoms with E-state index in [1.54, 1.807) is 24.3 Å². The van der Waals surface area contributed by atoms with Crippen molar-refractivity contribution < 1.29 is 9.53 Å². The molecule has 2 aromatic rings. The van der Waals surface area contributed by atoms with E-state index in [4.69, 9.17) is 16.3 Å². The summed E-state index contributed by atoms with van der Waals surface area (Å²) < 4.78 is 5.57. The third kappa shape index (κ3) is 5.24. The summed E-state index contributed by atoms with van der Waals surface area (Å²) in [6, 6.07) is 11.6. The van der Waals surface area contributed by atoms with Gasteiger partial charge in [0.1, 0.15) is 5.75 Å². The third-order valence-electron chi connectivity index (χ3n) is 5.29. The molecule has 3 rings (SSSR count). The van der Waals surface area contributed by atoms with Crippen LogP contribution in [0, 0.1) is 20.8 Å². The lowest BCUT2D eigenvalue weighted by Crippen LogP contribution is -2.49. The van der Waals surface area contributed by atoms with Gasteiger partial charge >= 0.3 is 0 Å². The predicted molar refractivity (Wildman–Crippen MR) is 109 cm³/mol. The van der Waals surface area contributed by atoms with E-state index in [0.29, 0.717) is 10.8 Å². The van der Waals surface area contributed by atoms with Gasteiger partial charge in [-0.3, -0.25) is 9.69 Å². The molecule has 1 fully saturated rings. The van der Waals surface area contributed by atoms with Gasteiger partial charge in [-0.25, -0.2) is 0 Å². The predicted octanol–water partition coefficient (Wildman–Crippen LogP) is 3.99. The molecule has 0 unspecified atom stereocenters. The van der Waals surface area contributed by atoms with Crippen molar-refractivity contribution in [1.29, 1.82) is 0 Å². The zero-order chi connectivity index (χ0) is 19.4. The minimum absolute atomic E-state index is 0.0339. The van der Waals surface area contributed by atoms with Crippen LogP contribution in [0.3, 0.4) is 0 Å². The van der Waals surface area contributed by atoms with Crippen molar-refractivity contribution >= 4 is 17.5 Å². The van der Waals surface area contributed by atoms with Crippen molar-refractivity contribution in [2.45, 2.75) is 27.3 Å². The molecule has 2 aromatic carbocycles. The van der Waals surface area contributed by atoms with E-state index < -0.39 is 0 Å². The van der Waals surface area contributed by atoms with Gasteiger partial charge < -0.3 is 9.64 Å². The summed E-state index contributed by atoms with van der Waals surface area (Å²) >= 11 is 5.86. The molecule has 27 heavy (non-hydrogen) atoms. The van der Waals surface area contributed by atoms with E-state index in [2.05, 4.69) is 37.8 Å². The second-order valence-electron chi connectivity index (χ2n) is 7.25. The number of hydrogen-bond donors (Lipinski definition) is 0. The second kappa shape index (κ2) is 8.77. The van der Waals surface area contributed by atoms with Crippen molar-refractivity contribution in [3.63, 3.8) is 0 Å². The van der Waals surface area contributed by atoms with Crippen LogP contribution in [-0.4, -0.2) is 48.5 Å². The van der Waals surface area contributed by atoms with Crippen LogP contribution in [0.15, 0.2) is 36.4 Å². The summed E-state index contributed by atoms with van der Waals surface area (Å²) in [6.07, 6.45) is 0. The van der Waals surface area contributed by atoms with Gasteiger partial charge in [0.15, 0.2) is 6.61 Å². The Balaban J connectivity index is 1.47. The van der Waals surface area contributed by atoms with Gasteiger partial charge in [0.25, 0.3) is 5.91 Å². The van der Waals surface area contributed by atoms with E-state index >= 15 is 0 Å². The minimum Gasteiger partial charge on any atom is -0.484 e. The molecule has 4 nitrogen and oxygen atoms in total. The molecule has 144 valence electrons. The molecule has 1 amide bonds. The topological polar surface area (TPSA) is 32.8 Å². The van der Waals surface area contributed by atoms with E-state index in [9.17, 15) is 4.79 Å². The zero-order valence-corrected chi connectivity index (χ0v) is 17.1. The Morgan fingerprint density at radius 2 is 1.59 bits per heavy atom. The van der Waals surface area contributed by atoms with Crippen LogP contribution in [0.2, 0.25) is 5.02 Å². The summed E-state index contributed by atoms with van der Waals surface area (Å²) in [4.78, 5) is 16.7. The second-order valence-corrected chi connectivity index (χ2v) is 7.69. The smallest absolute Gasteiger partial charge is 0.260 e. The van der Waals surface area contributed by atoms with Crippen molar-refractivity contribution in [2.75, 3.05) is 32.8 Å². The van der Waals surface area contributed by atoms with Gasteiger partial charge in [-0.05, 0) is 67.3 Å². The fraction of sp³-hybridized carbons (Fsp3) is 0.409. The number of rotatable bonds is 5. The summed E-state index contributed by atoms with van der Waals surface area (Å²) in [7, 11) is 0. The van der Waals surface area contributed by atoms with Crippen LogP contribution in [0.25, 0.3) is 0 Å². The summed E-state index contributed by atoms with van der Waals surface area (Å²) in [5, 5.41) is 0.656. The molecule has 0 N–H and O–H groups in total. The molecule has 0 aliphatic carbocycles. The molecule has 0 bridgehead atoms. The van der Waals surface area contributed by atoms with Crippen molar-refractivity contribution in [3.05, 3.63) is 63.7 Å². The van der Waals surface area contributed by atoms with Crippen molar-refractivity contribution in [1.82, 2.24) is 9.80 Å². The number of carbonyl (C=O) groups is 1. The fourth-order valence-electron chi connectivity index (χ4n) is 3.40. The first-order chi connectivity index (χ1) is 12.9. The standard InChI is InChI=1S/C22H27ClN2O2/c1-16-12-19(13-17(2)18(16)3)14-24-8-10-25(11-9-24)22(26)15-27-21-6-4-20(23)5-7-21/h4-7,12-13H,8-11,14-15H2,1-3H3. The van der Waals surface area contributed by atoms with Gasteiger partial charge in [0, 0.05) is 37.7 Å². The van der Waals surface area contributed by atoms with Crippen molar-refractivity contribution in [2.24, 2.45) is 0 Å². The Morgan fingerprint density at radius 1 is 1.00 bits per heavy atom. The van der Waals surface area contributed by atoms with Crippen LogP contribution in [-0.2, 0) is 11.3 Å². The lowest BCUT2D eigenvalue weighted by atomic mass is 10.0. The van der Waals surface area contributed by atoms with Gasteiger partial charge in [-0.1, -0.05) is 23.7 Å². The van der Waals surface area contributed by atoms with E-state index in [1.807, 2.05) is 4.90 Å². The van der Waals surface area contributed by atoms with Gasteiger partial charge in [0.2, 0.25) is 0 Å². The van der Waals surface area contributed by atoms with Gasteiger partial charge in [-0.15, -0.1) is 0 Å². The van der Waals surface area contributed by atoms with Crippen LogP contribution in [0.1, 0.15) is 22.3 Å². The average molecular weight is 387 g/mol. The Morgan fingerprint density at radius 3 is 2.19 bits per heavy atom. The normalized spacial score (nSPS) is 15.0. The SMILES string of the molecule is Cc1cc(CN2CCN(C(=O)COc3ccc(Cl)cc3)CC2)cc(C)c1C. The van der Waals surface area contributed by atoms with Crippen LogP contribution in [0.5, 0.6) is 5.75 Å². The molecule has 1 heterocycles. The molecule has 1 saturated heterocycles. The summed E-state index contributed by atoms with van der Waals surface area (Å²) in [5.41, 5.74) is 5.41. The molecule has 0 aromatic heterocycles. The van der Waals surface area contributed by atoms with Crippen molar-refractivity contribution in [3.8, 4) is 5.75 Å². The van der Waals surface area contributed by atoms with Crippen LogP contribution >= 0.6 is 11.6 Å². The number of piperazine rings is 1. The molecule has 1 aliphatic rings. The molecular formula is C22H27ClN2O2. The summed E-state index contributed by atoms with van der Waals surface area (Å²) in [5.74, 6) is 0.697. The highest BCUT2D eigenvalue weighted by Crippen LogP contribution is 2.18. The lowest BCUT2D eigenvalue weighted by molar-refractivity contribution is -0.135. The lowest BCUT2D eigenvalue weighted by Gasteiger charge is -2.34. The van der Waals surface area contributed by atoms with E-state index in [1.165, 1.54) is 22.3 Å². The maximum atomic E-state index is 12.4. The van der Waals surface area contributed by atoms with E-state index in [-0.39, 0.29) is 12.5 Å². The molecular weight excluding hydrogens is 360 g/mol. The maximum absolute atomic E-state index is 12.4. The highest BCUT2D eigenvalue weighted by atomic mass is 35.5. The molecule has 5 heteroatoms. The number of hydrogen-bond acceptors (Lipinski definition) is 3. The molecule has 0 radical (unpaired) electrons.